The molecule has 0 radical (unpaired) electrons. The fraction of sp³-hybridized carbons (Fsp3) is 0.195. The van der Waals surface area contributed by atoms with Gasteiger partial charge in [-0.3, -0.25) is 4.79 Å². The van der Waals surface area contributed by atoms with Gasteiger partial charge in [0.1, 0.15) is 5.78 Å². The molecular weight excluding hydrogens is 570 g/mol. The van der Waals surface area contributed by atoms with Crippen molar-refractivity contribution in [2.45, 2.75) is 50.8 Å². The van der Waals surface area contributed by atoms with Gasteiger partial charge in [0, 0.05) is 12.8 Å². The summed E-state index contributed by atoms with van der Waals surface area (Å²) < 4.78 is 0. The Morgan fingerprint density at radius 2 is 0.955 bits per heavy atom. The maximum atomic E-state index is 12.4. The van der Waals surface area contributed by atoms with Crippen molar-refractivity contribution in [3.05, 3.63) is 133 Å². The molecule has 6 aromatic carbocycles. The molecule has 1 aliphatic rings. The highest BCUT2D eigenvalue weighted by molar-refractivity contribution is 7.69. The van der Waals surface area contributed by atoms with E-state index in [-0.39, 0.29) is 10.3 Å². The monoisotopic (exact) mass is 610 g/mol. The number of carbonyl (C=O) groups is 1. The molecule has 0 spiro atoms. The van der Waals surface area contributed by atoms with Crippen LogP contribution in [0.2, 0.25) is 0 Å². The summed E-state index contributed by atoms with van der Waals surface area (Å²) in [4.78, 5) is 12.4. The van der Waals surface area contributed by atoms with E-state index in [1.807, 2.05) is 0 Å². The van der Waals surface area contributed by atoms with Gasteiger partial charge in [-0.2, -0.15) is 0 Å². The van der Waals surface area contributed by atoms with Crippen LogP contribution >= 0.6 is 17.2 Å². The SMILES string of the molecule is CC1(C)CC(=O)CC(C)(C)P1c1ccccc1-c1ccc2ccccc2c1.Pc1ccccc1-c1ccc2ccccc2c1. The van der Waals surface area contributed by atoms with Gasteiger partial charge >= 0.3 is 0 Å². The summed E-state index contributed by atoms with van der Waals surface area (Å²) in [5, 5.41) is 7.83. The number of fused-ring (bicyclic) bond motifs is 2. The molecule has 0 amide bonds. The van der Waals surface area contributed by atoms with Gasteiger partial charge in [0.15, 0.2) is 0 Å². The standard InChI is InChI=1S/C25H27OP.C16H13P/c1-24(2)16-21(26)17-25(3,4)27(24)23-12-8-7-11-22(23)20-14-13-18-9-5-6-10-19(18)15-20;17-16-8-4-3-7-15(16)14-10-9-12-5-1-2-6-13(12)11-14/h5-15H,16-17H2,1-4H3;1-11H,17H2. The lowest BCUT2D eigenvalue weighted by molar-refractivity contribution is -0.120. The first-order chi connectivity index (χ1) is 21.1. The minimum Gasteiger partial charge on any atom is -0.300 e. The van der Waals surface area contributed by atoms with E-state index in [0.29, 0.717) is 18.6 Å². The fourth-order valence-electron chi connectivity index (χ4n) is 7.04. The van der Waals surface area contributed by atoms with Gasteiger partial charge in [0.25, 0.3) is 0 Å². The van der Waals surface area contributed by atoms with Crippen molar-refractivity contribution in [3.8, 4) is 22.3 Å². The molecule has 1 saturated heterocycles. The van der Waals surface area contributed by atoms with Gasteiger partial charge in [0.2, 0.25) is 0 Å². The molecule has 0 aliphatic carbocycles. The minimum absolute atomic E-state index is 0.0150. The smallest absolute Gasteiger partial charge is 0.134 e. The average molecular weight is 611 g/mol. The fourth-order valence-corrected chi connectivity index (χ4v) is 11.7. The molecule has 0 aromatic heterocycles. The summed E-state index contributed by atoms with van der Waals surface area (Å²) in [6.45, 7) is 9.15. The molecule has 220 valence electrons. The third kappa shape index (κ3) is 6.28. The Balaban J connectivity index is 0.000000173. The van der Waals surface area contributed by atoms with Crippen LogP contribution in [0.5, 0.6) is 0 Å². The summed E-state index contributed by atoms with van der Waals surface area (Å²) in [6, 6.07) is 47.6. The topological polar surface area (TPSA) is 17.1 Å². The van der Waals surface area contributed by atoms with Crippen molar-refractivity contribution in [2.75, 3.05) is 0 Å². The Hall–Kier alpha value is -3.63. The van der Waals surface area contributed by atoms with Crippen LogP contribution in [0.1, 0.15) is 40.5 Å². The first kappa shape index (κ1) is 30.4. The van der Waals surface area contributed by atoms with Crippen LogP contribution in [0.3, 0.4) is 0 Å². The molecule has 0 saturated carbocycles. The lowest BCUT2D eigenvalue weighted by atomic mass is 9.96. The first-order valence-electron chi connectivity index (χ1n) is 15.4. The minimum atomic E-state index is -0.488. The Morgan fingerprint density at radius 1 is 0.523 bits per heavy atom. The van der Waals surface area contributed by atoms with Crippen LogP contribution in [0.15, 0.2) is 133 Å². The first-order valence-corrected chi connectivity index (χ1v) is 17.3. The molecular formula is C41H40OP2. The van der Waals surface area contributed by atoms with E-state index < -0.39 is 7.92 Å². The van der Waals surface area contributed by atoms with Gasteiger partial charge in [-0.1, -0.05) is 157 Å². The number of hydrogen-bond donors (Lipinski definition) is 0. The number of carbonyl (C=O) groups excluding carboxylic acids is 1. The molecule has 1 aliphatic heterocycles. The summed E-state index contributed by atoms with van der Waals surface area (Å²) in [6.07, 6.45) is 1.38. The largest absolute Gasteiger partial charge is 0.300 e. The van der Waals surface area contributed by atoms with E-state index in [1.54, 1.807) is 0 Å². The van der Waals surface area contributed by atoms with Crippen molar-refractivity contribution < 1.29 is 4.79 Å². The van der Waals surface area contributed by atoms with Crippen LogP contribution in [0.4, 0.5) is 0 Å². The number of ketones is 1. The third-order valence-corrected chi connectivity index (χ3v) is 12.8. The second kappa shape index (κ2) is 12.4. The zero-order chi connectivity index (χ0) is 30.9. The Bertz CT molecular complexity index is 1950. The molecule has 1 atom stereocenters. The highest BCUT2D eigenvalue weighted by atomic mass is 31.1. The van der Waals surface area contributed by atoms with Crippen LogP contribution < -0.4 is 10.6 Å². The zero-order valence-electron chi connectivity index (χ0n) is 26.0. The maximum Gasteiger partial charge on any atom is 0.134 e. The molecule has 3 heteroatoms. The Labute approximate surface area is 265 Å². The lowest BCUT2D eigenvalue weighted by Gasteiger charge is -2.49. The number of hydrogen-bond acceptors (Lipinski definition) is 1. The van der Waals surface area contributed by atoms with Crippen molar-refractivity contribution in [3.63, 3.8) is 0 Å². The average Bonchev–Trinajstić information content (AvgIpc) is 3.00. The number of rotatable bonds is 3. The van der Waals surface area contributed by atoms with E-state index in [1.165, 1.54) is 54.4 Å². The molecule has 1 unspecified atom stereocenters. The molecule has 1 fully saturated rings. The molecule has 0 N–H and O–H groups in total. The van der Waals surface area contributed by atoms with Crippen LogP contribution in [0, 0.1) is 0 Å². The van der Waals surface area contributed by atoms with Crippen molar-refractivity contribution in [1.82, 2.24) is 0 Å². The maximum absolute atomic E-state index is 12.4. The highest BCUT2D eigenvalue weighted by Gasteiger charge is 2.48. The molecule has 0 bridgehead atoms. The number of benzene rings is 6. The summed E-state index contributed by atoms with van der Waals surface area (Å²) in [5.41, 5.74) is 5.15. The summed E-state index contributed by atoms with van der Waals surface area (Å²) >= 11 is 0. The zero-order valence-corrected chi connectivity index (χ0v) is 28.1. The predicted molar refractivity (Wildman–Crippen MR) is 197 cm³/mol. The number of Topliss-reactive ketones (excluding diaryl/α,β-unsaturated/α-hetero) is 1. The van der Waals surface area contributed by atoms with E-state index >= 15 is 0 Å². The van der Waals surface area contributed by atoms with E-state index in [2.05, 4.69) is 170 Å². The molecule has 7 rings (SSSR count). The van der Waals surface area contributed by atoms with Crippen LogP contribution in [-0.2, 0) is 4.79 Å². The van der Waals surface area contributed by atoms with Gasteiger partial charge in [0.05, 0.1) is 0 Å². The summed E-state index contributed by atoms with van der Waals surface area (Å²) in [7, 11) is 2.31. The van der Waals surface area contributed by atoms with Gasteiger partial charge in [-0.15, -0.1) is 9.24 Å². The van der Waals surface area contributed by atoms with E-state index in [0.717, 1.165) is 0 Å². The predicted octanol–water partition coefficient (Wildman–Crippen LogP) is 10.5. The quantitative estimate of drug-likeness (QED) is 0.182. The highest BCUT2D eigenvalue weighted by Crippen LogP contribution is 2.65. The van der Waals surface area contributed by atoms with Gasteiger partial charge in [-0.05, 0) is 76.9 Å². The summed E-state index contributed by atoms with van der Waals surface area (Å²) in [5.74, 6) is 0.409. The normalized spacial score (nSPS) is 16.0. The lowest BCUT2D eigenvalue weighted by Crippen LogP contribution is -2.43. The van der Waals surface area contributed by atoms with Crippen molar-refractivity contribution in [1.29, 1.82) is 0 Å². The molecule has 1 nitrogen and oxygen atoms in total. The van der Waals surface area contributed by atoms with Crippen LogP contribution in [-0.4, -0.2) is 16.1 Å². The molecule has 6 aromatic rings. The Kier molecular flexibility index (Phi) is 8.57. The van der Waals surface area contributed by atoms with E-state index in [9.17, 15) is 4.79 Å². The second-order valence-electron chi connectivity index (χ2n) is 13.1. The van der Waals surface area contributed by atoms with Gasteiger partial charge in [-0.25, -0.2) is 0 Å². The Morgan fingerprint density at radius 3 is 1.50 bits per heavy atom. The van der Waals surface area contributed by atoms with E-state index in [4.69, 9.17) is 0 Å². The molecule has 44 heavy (non-hydrogen) atoms. The van der Waals surface area contributed by atoms with Crippen molar-refractivity contribution in [2.24, 2.45) is 0 Å². The van der Waals surface area contributed by atoms with Crippen LogP contribution in [0.25, 0.3) is 43.8 Å². The second-order valence-corrected chi connectivity index (χ2v) is 17.3. The third-order valence-electron chi connectivity index (χ3n) is 8.70. The van der Waals surface area contributed by atoms with Gasteiger partial charge < -0.3 is 0 Å². The van der Waals surface area contributed by atoms with Crippen molar-refractivity contribution >= 4 is 55.1 Å². The molecule has 1 heterocycles.